The molecule has 2 aromatic carbocycles. The Morgan fingerprint density at radius 3 is 2.22 bits per heavy atom. The number of nitrogens with zero attached hydrogens (tertiary/aromatic N) is 3. The molecule has 2 fully saturated rings. The van der Waals surface area contributed by atoms with E-state index in [2.05, 4.69) is 5.32 Å². The Morgan fingerprint density at radius 2 is 1.58 bits per heavy atom. The third-order valence-electron chi connectivity index (χ3n) is 6.68. The van der Waals surface area contributed by atoms with Gasteiger partial charge in [-0.25, -0.2) is 9.59 Å². The van der Waals surface area contributed by atoms with E-state index in [0.29, 0.717) is 63.4 Å². The standard InChI is InChI=1S/C27H32N4O5/c1-3-36-26(34)21-8-10-22(11-9-21)28-27(35)29-14-12-23(13-15-29)31-17-16-30(24(32)25(31)33)18-20-6-4-19(2)5-7-20/h4-11,23H,3,12-18H2,1-2H3,(H,28,35). The Bertz CT molecular complexity index is 1110. The fraction of sp³-hybridized carbons (Fsp3) is 0.407. The number of carbonyl (C=O) groups excluding carboxylic acids is 4. The Labute approximate surface area is 211 Å². The average Bonchev–Trinajstić information content (AvgIpc) is 2.89. The van der Waals surface area contributed by atoms with Gasteiger partial charge < -0.3 is 24.8 Å². The van der Waals surface area contributed by atoms with Crippen LogP contribution in [-0.4, -0.2) is 77.3 Å². The Morgan fingerprint density at radius 1 is 0.917 bits per heavy atom. The lowest BCUT2D eigenvalue weighted by Gasteiger charge is -2.42. The first-order chi connectivity index (χ1) is 17.4. The minimum Gasteiger partial charge on any atom is -0.462 e. The number of likely N-dealkylation sites (tertiary alicyclic amines) is 1. The number of anilines is 1. The fourth-order valence-corrected chi connectivity index (χ4v) is 4.59. The first-order valence-electron chi connectivity index (χ1n) is 12.3. The predicted octanol–water partition coefficient (Wildman–Crippen LogP) is 3.04. The lowest BCUT2D eigenvalue weighted by atomic mass is 10.0. The Kier molecular flexibility index (Phi) is 7.87. The van der Waals surface area contributed by atoms with Crippen LogP contribution in [0.4, 0.5) is 10.5 Å². The van der Waals surface area contributed by atoms with Gasteiger partial charge in [0.1, 0.15) is 0 Å². The summed E-state index contributed by atoms with van der Waals surface area (Å²) in [6.45, 7) is 6.47. The molecule has 4 rings (SSSR count). The number of nitrogens with one attached hydrogen (secondary N) is 1. The van der Waals surface area contributed by atoms with Crippen molar-refractivity contribution in [3.8, 4) is 0 Å². The molecule has 2 aromatic rings. The number of urea groups is 1. The highest BCUT2D eigenvalue weighted by atomic mass is 16.5. The molecule has 2 aliphatic heterocycles. The second-order valence-corrected chi connectivity index (χ2v) is 9.16. The molecule has 4 amide bonds. The third kappa shape index (κ3) is 5.84. The predicted molar refractivity (Wildman–Crippen MR) is 134 cm³/mol. The van der Waals surface area contributed by atoms with Crippen LogP contribution in [-0.2, 0) is 20.9 Å². The van der Waals surface area contributed by atoms with Crippen molar-refractivity contribution in [2.24, 2.45) is 0 Å². The van der Waals surface area contributed by atoms with Crippen LogP contribution >= 0.6 is 0 Å². The zero-order valence-corrected chi connectivity index (χ0v) is 20.7. The minimum atomic E-state index is -0.465. The van der Waals surface area contributed by atoms with E-state index in [0.717, 1.165) is 11.1 Å². The summed E-state index contributed by atoms with van der Waals surface area (Å²) in [5.41, 5.74) is 3.16. The van der Waals surface area contributed by atoms with E-state index < -0.39 is 17.8 Å². The summed E-state index contributed by atoms with van der Waals surface area (Å²) in [6, 6.07) is 14.2. The number of hydrogen-bond donors (Lipinski definition) is 1. The number of piperazine rings is 1. The number of hydrogen-bond acceptors (Lipinski definition) is 5. The number of esters is 1. The number of aryl methyl sites for hydroxylation is 1. The van der Waals surface area contributed by atoms with E-state index in [-0.39, 0.29) is 12.1 Å². The van der Waals surface area contributed by atoms with Crippen LogP contribution in [0.15, 0.2) is 48.5 Å². The van der Waals surface area contributed by atoms with Crippen molar-refractivity contribution in [2.75, 3.05) is 38.1 Å². The maximum Gasteiger partial charge on any atom is 0.338 e. The second-order valence-electron chi connectivity index (χ2n) is 9.16. The van der Waals surface area contributed by atoms with Crippen LogP contribution in [0.2, 0.25) is 0 Å². The monoisotopic (exact) mass is 492 g/mol. The molecule has 1 N–H and O–H groups in total. The molecule has 0 aromatic heterocycles. The largest absolute Gasteiger partial charge is 0.462 e. The molecule has 0 unspecified atom stereocenters. The van der Waals surface area contributed by atoms with Gasteiger partial charge in [0.15, 0.2) is 0 Å². The van der Waals surface area contributed by atoms with Crippen LogP contribution in [0.5, 0.6) is 0 Å². The van der Waals surface area contributed by atoms with Gasteiger partial charge in [0.25, 0.3) is 0 Å². The third-order valence-corrected chi connectivity index (χ3v) is 6.68. The quantitative estimate of drug-likeness (QED) is 0.494. The van der Waals surface area contributed by atoms with Gasteiger partial charge in [-0.05, 0) is 56.5 Å². The van der Waals surface area contributed by atoms with Crippen molar-refractivity contribution in [3.63, 3.8) is 0 Å². The van der Waals surface area contributed by atoms with Gasteiger partial charge >= 0.3 is 23.8 Å². The zero-order valence-electron chi connectivity index (χ0n) is 20.7. The normalized spacial score (nSPS) is 16.8. The highest BCUT2D eigenvalue weighted by molar-refractivity contribution is 6.35. The molecule has 36 heavy (non-hydrogen) atoms. The van der Waals surface area contributed by atoms with Gasteiger partial charge in [0, 0.05) is 44.5 Å². The molecule has 2 heterocycles. The smallest absolute Gasteiger partial charge is 0.338 e. The first kappa shape index (κ1) is 25.2. The highest BCUT2D eigenvalue weighted by Gasteiger charge is 2.38. The molecule has 2 aliphatic rings. The van der Waals surface area contributed by atoms with E-state index in [9.17, 15) is 19.2 Å². The van der Waals surface area contributed by atoms with Crippen molar-refractivity contribution in [1.82, 2.24) is 14.7 Å². The van der Waals surface area contributed by atoms with Crippen molar-refractivity contribution in [3.05, 3.63) is 65.2 Å². The Balaban J connectivity index is 1.26. The van der Waals surface area contributed by atoms with Crippen molar-refractivity contribution in [2.45, 2.75) is 39.3 Å². The van der Waals surface area contributed by atoms with Gasteiger partial charge in [-0.2, -0.15) is 0 Å². The lowest BCUT2D eigenvalue weighted by Crippen LogP contribution is -2.59. The summed E-state index contributed by atoms with van der Waals surface area (Å²) < 4.78 is 4.97. The van der Waals surface area contributed by atoms with Crippen molar-refractivity contribution < 1.29 is 23.9 Å². The van der Waals surface area contributed by atoms with Crippen molar-refractivity contribution in [1.29, 1.82) is 0 Å². The first-order valence-corrected chi connectivity index (χ1v) is 12.3. The zero-order chi connectivity index (χ0) is 25.7. The van der Waals surface area contributed by atoms with Gasteiger partial charge in [-0.3, -0.25) is 9.59 Å². The summed E-state index contributed by atoms with van der Waals surface area (Å²) in [4.78, 5) is 55.1. The van der Waals surface area contributed by atoms with E-state index >= 15 is 0 Å². The number of rotatable bonds is 6. The average molecular weight is 493 g/mol. The molecule has 190 valence electrons. The van der Waals surface area contributed by atoms with Gasteiger partial charge in [0.2, 0.25) is 0 Å². The van der Waals surface area contributed by atoms with Crippen LogP contribution in [0.3, 0.4) is 0 Å². The summed E-state index contributed by atoms with van der Waals surface area (Å²) in [6.07, 6.45) is 1.23. The van der Waals surface area contributed by atoms with Gasteiger partial charge in [-0.1, -0.05) is 29.8 Å². The molecule has 0 bridgehead atoms. The molecule has 9 nitrogen and oxygen atoms in total. The summed E-state index contributed by atoms with van der Waals surface area (Å²) >= 11 is 0. The number of piperidine rings is 1. The second kappa shape index (κ2) is 11.2. The molecule has 0 aliphatic carbocycles. The van der Waals surface area contributed by atoms with Crippen LogP contribution in [0.25, 0.3) is 0 Å². The number of amides is 4. The number of benzene rings is 2. The van der Waals surface area contributed by atoms with Crippen molar-refractivity contribution >= 4 is 29.5 Å². The number of carbonyl (C=O) groups is 4. The maximum absolute atomic E-state index is 12.9. The Hall–Kier alpha value is -3.88. The van der Waals surface area contributed by atoms with E-state index in [1.165, 1.54) is 0 Å². The molecule has 9 heteroatoms. The molecule has 0 saturated carbocycles. The molecule has 0 atom stereocenters. The summed E-state index contributed by atoms with van der Waals surface area (Å²) in [5, 5.41) is 2.85. The highest BCUT2D eigenvalue weighted by Crippen LogP contribution is 2.21. The topological polar surface area (TPSA) is 99.3 Å². The fourth-order valence-electron chi connectivity index (χ4n) is 4.59. The van der Waals surface area contributed by atoms with Crippen LogP contribution in [0, 0.1) is 6.92 Å². The summed E-state index contributed by atoms with van der Waals surface area (Å²) in [5.74, 6) is -1.33. The van der Waals surface area contributed by atoms with Gasteiger partial charge in [0.05, 0.1) is 12.2 Å². The molecule has 0 radical (unpaired) electrons. The molecule has 0 spiro atoms. The SMILES string of the molecule is CCOC(=O)c1ccc(NC(=O)N2CCC(N3CCN(Cc4ccc(C)cc4)C(=O)C3=O)CC2)cc1. The molecular formula is C27H32N4O5. The van der Waals surface area contributed by atoms with E-state index in [1.807, 2.05) is 31.2 Å². The van der Waals surface area contributed by atoms with Crippen LogP contribution in [0.1, 0.15) is 41.3 Å². The van der Waals surface area contributed by atoms with Crippen LogP contribution < -0.4 is 5.32 Å². The minimum absolute atomic E-state index is 0.0594. The summed E-state index contributed by atoms with van der Waals surface area (Å²) in [7, 11) is 0. The van der Waals surface area contributed by atoms with E-state index in [1.54, 1.807) is 45.9 Å². The number of ether oxygens (including phenoxy) is 1. The maximum atomic E-state index is 12.9. The lowest BCUT2D eigenvalue weighted by molar-refractivity contribution is -0.158. The van der Waals surface area contributed by atoms with E-state index in [4.69, 9.17) is 4.74 Å². The van der Waals surface area contributed by atoms with Gasteiger partial charge in [-0.15, -0.1) is 0 Å². The molecular weight excluding hydrogens is 460 g/mol. The molecule has 2 saturated heterocycles.